The van der Waals surface area contributed by atoms with E-state index in [-0.39, 0.29) is 5.75 Å². The van der Waals surface area contributed by atoms with Crippen LogP contribution in [0.4, 0.5) is 0 Å². The highest BCUT2D eigenvalue weighted by molar-refractivity contribution is 9.10. The third kappa shape index (κ3) is 1.91. The van der Waals surface area contributed by atoms with E-state index in [1.54, 1.807) is 12.1 Å². The Kier molecular flexibility index (Phi) is 3.55. The highest BCUT2D eigenvalue weighted by Gasteiger charge is 2.14. The molecule has 76 valence electrons. The second-order valence-corrected chi connectivity index (χ2v) is 3.49. The van der Waals surface area contributed by atoms with Crippen LogP contribution in [0.25, 0.3) is 0 Å². The molecule has 0 saturated heterocycles. The molecule has 0 saturated carbocycles. The molecule has 3 nitrogen and oxygen atoms in total. The molecule has 0 aromatic heterocycles. The molecular weight excluding hydrogens is 248 g/mol. The molecule has 0 aliphatic carbocycles. The van der Waals surface area contributed by atoms with Gasteiger partial charge in [-0.1, -0.05) is 12.1 Å². The van der Waals surface area contributed by atoms with Crippen molar-refractivity contribution in [2.24, 2.45) is 0 Å². The van der Waals surface area contributed by atoms with Crippen molar-refractivity contribution in [2.45, 2.75) is 6.10 Å². The number of benzene rings is 1. The second kappa shape index (κ2) is 4.48. The fourth-order valence-corrected chi connectivity index (χ4v) is 1.64. The van der Waals surface area contributed by atoms with Crippen LogP contribution in [0, 0.1) is 0 Å². The largest absolute Gasteiger partial charge is 0.503 e. The summed E-state index contributed by atoms with van der Waals surface area (Å²) < 4.78 is 5.33. The molecular formula is C10H11BrO3. The first kappa shape index (κ1) is 11.1. The molecule has 0 amide bonds. The lowest BCUT2D eigenvalue weighted by Crippen LogP contribution is -1.95. The van der Waals surface area contributed by atoms with Crippen LogP contribution in [0.5, 0.6) is 11.5 Å². The molecule has 4 heteroatoms. The molecule has 1 unspecified atom stereocenters. The molecule has 1 atom stereocenters. The van der Waals surface area contributed by atoms with Gasteiger partial charge in [0.2, 0.25) is 0 Å². The zero-order chi connectivity index (χ0) is 10.7. The smallest absolute Gasteiger partial charge is 0.172 e. The van der Waals surface area contributed by atoms with Crippen molar-refractivity contribution < 1.29 is 14.9 Å². The lowest BCUT2D eigenvalue weighted by molar-refractivity contribution is 0.227. The number of halogens is 1. The Hall–Kier alpha value is -1.00. The molecule has 1 aromatic carbocycles. The van der Waals surface area contributed by atoms with E-state index >= 15 is 0 Å². The Morgan fingerprint density at radius 2 is 2.21 bits per heavy atom. The number of hydrogen-bond donors (Lipinski definition) is 2. The molecule has 14 heavy (non-hydrogen) atoms. The van der Waals surface area contributed by atoms with Gasteiger partial charge in [-0.25, -0.2) is 0 Å². The van der Waals surface area contributed by atoms with Gasteiger partial charge in [-0.3, -0.25) is 0 Å². The number of methoxy groups -OCH3 is 1. The fourth-order valence-electron chi connectivity index (χ4n) is 1.08. The Labute approximate surface area is 90.8 Å². The molecule has 1 aromatic rings. The predicted molar refractivity (Wildman–Crippen MR) is 57.5 cm³/mol. The van der Waals surface area contributed by atoms with E-state index in [0.29, 0.717) is 15.8 Å². The van der Waals surface area contributed by atoms with Crippen LogP contribution in [0.2, 0.25) is 0 Å². The molecule has 0 bridgehead atoms. The summed E-state index contributed by atoms with van der Waals surface area (Å²) in [4.78, 5) is 0. The minimum atomic E-state index is -0.804. The van der Waals surface area contributed by atoms with Gasteiger partial charge in [0.25, 0.3) is 0 Å². The van der Waals surface area contributed by atoms with Crippen LogP contribution in [-0.2, 0) is 0 Å². The van der Waals surface area contributed by atoms with Crippen LogP contribution < -0.4 is 4.74 Å². The summed E-state index contributed by atoms with van der Waals surface area (Å²) in [6.07, 6.45) is 0.576. The Morgan fingerprint density at radius 3 is 2.71 bits per heavy atom. The zero-order valence-electron chi connectivity index (χ0n) is 7.70. The summed E-state index contributed by atoms with van der Waals surface area (Å²) in [5.41, 5.74) is 0.554. The molecule has 0 fully saturated rings. The quantitative estimate of drug-likeness (QED) is 0.819. The van der Waals surface area contributed by atoms with Crippen molar-refractivity contribution in [3.8, 4) is 11.5 Å². The van der Waals surface area contributed by atoms with Gasteiger partial charge in [0.05, 0.1) is 17.7 Å². The highest BCUT2D eigenvalue weighted by Crippen LogP contribution is 2.38. The second-order valence-electron chi connectivity index (χ2n) is 2.70. The molecule has 1 rings (SSSR count). The first-order valence-corrected chi connectivity index (χ1v) is 4.77. The van der Waals surface area contributed by atoms with Crippen LogP contribution in [-0.4, -0.2) is 17.3 Å². The lowest BCUT2D eigenvalue weighted by atomic mass is 10.1. The maximum Gasteiger partial charge on any atom is 0.172 e. The minimum Gasteiger partial charge on any atom is -0.503 e. The first-order valence-electron chi connectivity index (χ1n) is 3.97. The number of ether oxygens (including phenoxy) is 1. The highest BCUT2D eigenvalue weighted by atomic mass is 79.9. The number of hydrogen-bond acceptors (Lipinski definition) is 3. The molecule has 0 aliphatic rings. The summed E-state index contributed by atoms with van der Waals surface area (Å²) in [5, 5.41) is 19.1. The van der Waals surface area contributed by atoms with Gasteiger partial charge in [-0.15, -0.1) is 6.58 Å². The first-order chi connectivity index (χ1) is 6.61. The summed E-state index contributed by atoms with van der Waals surface area (Å²) in [5.74, 6) is 0.336. The average Bonchev–Trinajstić information content (AvgIpc) is 2.21. The van der Waals surface area contributed by atoms with E-state index in [1.807, 2.05) is 0 Å². The summed E-state index contributed by atoms with van der Waals surface area (Å²) in [7, 11) is 1.46. The Morgan fingerprint density at radius 1 is 1.57 bits per heavy atom. The van der Waals surface area contributed by atoms with Gasteiger partial charge in [0, 0.05) is 5.56 Å². The van der Waals surface area contributed by atoms with Crippen LogP contribution in [0.1, 0.15) is 11.7 Å². The van der Waals surface area contributed by atoms with Crippen LogP contribution in [0.15, 0.2) is 29.3 Å². The minimum absolute atomic E-state index is 0.0223. The average molecular weight is 259 g/mol. The zero-order valence-corrected chi connectivity index (χ0v) is 9.28. The number of phenols is 1. The van der Waals surface area contributed by atoms with Gasteiger partial charge in [-0.05, 0) is 22.0 Å². The van der Waals surface area contributed by atoms with Crippen molar-refractivity contribution in [3.63, 3.8) is 0 Å². The van der Waals surface area contributed by atoms with E-state index in [9.17, 15) is 10.2 Å². The maximum absolute atomic E-state index is 9.61. The number of phenolic OH excluding ortho intramolecular Hbond substituents is 1. The fraction of sp³-hybridized carbons (Fsp3) is 0.200. The van der Waals surface area contributed by atoms with Crippen LogP contribution in [0.3, 0.4) is 0 Å². The summed E-state index contributed by atoms with van der Waals surface area (Å²) in [6, 6.07) is 3.25. The van der Waals surface area contributed by atoms with Crippen LogP contribution >= 0.6 is 15.9 Å². The van der Waals surface area contributed by atoms with Gasteiger partial charge >= 0.3 is 0 Å². The van der Waals surface area contributed by atoms with Gasteiger partial charge in [0.15, 0.2) is 11.5 Å². The van der Waals surface area contributed by atoms with E-state index in [4.69, 9.17) is 4.74 Å². The lowest BCUT2D eigenvalue weighted by Gasteiger charge is -2.11. The van der Waals surface area contributed by atoms with Crippen molar-refractivity contribution >= 4 is 15.9 Å². The molecule has 0 spiro atoms. The van der Waals surface area contributed by atoms with E-state index in [0.717, 1.165) is 0 Å². The van der Waals surface area contributed by atoms with Crippen molar-refractivity contribution in [1.29, 1.82) is 0 Å². The third-order valence-electron chi connectivity index (χ3n) is 1.87. The Bertz CT molecular complexity index is 349. The van der Waals surface area contributed by atoms with Crippen molar-refractivity contribution in [3.05, 3.63) is 34.8 Å². The monoisotopic (exact) mass is 258 g/mol. The number of aromatic hydroxyl groups is 1. The molecule has 0 aliphatic heterocycles. The Balaban J connectivity index is 3.23. The number of aliphatic hydroxyl groups excluding tert-OH is 1. The van der Waals surface area contributed by atoms with E-state index < -0.39 is 6.10 Å². The summed E-state index contributed by atoms with van der Waals surface area (Å²) >= 11 is 3.18. The van der Waals surface area contributed by atoms with E-state index in [1.165, 1.54) is 13.2 Å². The predicted octanol–water partition coefficient (Wildman–Crippen LogP) is 2.38. The topological polar surface area (TPSA) is 49.7 Å². The van der Waals surface area contributed by atoms with Crippen molar-refractivity contribution in [2.75, 3.05) is 7.11 Å². The standard InChI is InChI=1S/C10H11BrO3/c1-3-7(12)6-4-5-8(14-2)10(13)9(6)11/h3-5,7,12-13H,1H2,2H3. The SMILES string of the molecule is C=CC(O)c1ccc(OC)c(O)c1Br. The van der Waals surface area contributed by atoms with Crippen molar-refractivity contribution in [1.82, 2.24) is 0 Å². The third-order valence-corrected chi connectivity index (χ3v) is 2.70. The van der Waals surface area contributed by atoms with Gasteiger partial charge in [0.1, 0.15) is 0 Å². The van der Waals surface area contributed by atoms with E-state index in [2.05, 4.69) is 22.5 Å². The molecule has 2 N–H and O–H groups in total. The number of aliphatic hydroxyl groups is 1. The van der Waals surface area contributed by atoms with Gasteiger partial charge in [-0.2, -0.15) is 0 Å². The number of rotatable bonds is 3. The van der Waals surface area contributed by atoms with Gasteiger partial charge < -0.3 is 14.9 Å². The normalized spacial score (nSPS) is 12.2. The molecule has 0 radical (unpaired) electrons. The molecule has 0 heterocycles. The summed E-state index contributed by atoms with van der Waals surface area (Å²) in [6.45, 7) is 3.47. The maximum atomic E-state index is 9.61.